The van der Waals surface area contributed by atoms with Crippen LogP contribution in [0.1, 0.15) is 11.7 Å². The Morgan fingerprint density at radius 3 is 2.59 bits per heavy atom. The zero-order valence-corrected chi connectivity index (χ0v) is 21.1. The molecule has 184 valence electrons. The number of ether oxygens (including phenoxy) is 1. The third-order valence-corrected chi connectivity index (χ3v) is 8.25. The lowest BCUT2D eigenvalue weighted by molar-refractivity contribution is -0.178. The van der Waals surface area contributed by atoms with E-state index in [1.807, 2.05) is 0 Å². The van der Waals surface area contributed by atoms with Crippen molar-refractivity contribution in [3.63, 3.8) is 0 Å². The molecule has 0 amide bonds. The van der Waals surface area contributed by atoms with Gasteiger partial charge in [-0.25, -0.2) is 14.6 Å². The molecular formula is C17H13BrCl2F3N5O4S2. The van der Waals surface area contributed by atoms with Crippen LogP contribution in [0.25, 0.3) is 10.7 Å². The third-order valence-electron chi connectivity index (χ3n) is 4.77. The zero-order valence-electron chi connectivity index (χ0n) is 16.4. The van der Waals surface area contributed by atoms with Crippen molar-refractivity contribution in [3.8, 4) is 10.7 Å². The lowest BCUT2D eigenvalue weighted by atomic mass is 9.97. The summed E-state index contributed by atoms with van der Waals surface area (Å²) in [6.45, 7) is -0.588. The second-order valence-electron chi connectivity index (χ2n) is 6.98. The predicted molar refractivity (Wildman–Crippen MR) is 121 cm³/mol. The summed E-state index contributed by atoms with van der Waals surface area (Å²) in [6, 6.07) is 0.0788. The van der Waals surface area contributed by atoms with Crippen molar-refractivity contribution >= 4 is 62.2 Å². The fourth-order valence-electron chi connectivity index (χ4n) is 3.22. The Bertz CT molecular complexity index is 1170. The molecule has 4 heterocycles. The molecule has 4 rings (SSSR count). The molecule has 34 heavy (non-hydrogen) atoms. The van der Waals surface area contributed by atoms with Crippen LogP contribution in [0.15, 0.2) is 27.8 Å². The van der Waals surface area contributed by atoms with Crippen LogP contribution in [0.2, 0.25) is 9.49 Å². The van der Waals surface area contributed by atoms with Gasteiger partial charge < -0.3 is 20.1 Å². The van der Waals surface area contributed by atoms with E-state index in [1.165, 1.54) is 16.9 Å². The second kappa shape index (κ2) is 10.1. The van der Waals surface area contributed by atoms with E-state index in [-0.39, 0.29) is 24.6 Å². The molecule has 1 saturated heterocycles. The molecule has 0 saturated carbocycles. The van der Waals surface area contributed by atoms with Crippen LogP contribution in [-0.2, 0) is 10.9 Å². The number of hydrogen-bond donors (Lipinski definition) is 3. The Morgan fingerprint density at radius 1 is 1.26 bits per heavy atom. The van der Waals surface area contributed by atoms with Gasteiger partial charge in [-0.1, -0.05) is 51.5 Å². The number of aliphatic hydroxyl groups excluding tert-OH is 3. The molecule has 3 aromatic rings. The Morgan fingerprint density at radius 2 is 2.00 bits per heavy atom. The molecule has 5 unspecified atom stereocenters. The van der Waals surface area contributed by atoms with Gasteiger partial charge in [0.1, 0.15) is 44.8 Å². The summed E-state index contributed by atoms with van der Waals surface area (Å²) in [5.41, 5.74) is -1.90. The molecule has 0 bridgehead atoms. The van der Waals surface area contributed by atoms with Gasteiger partial charge in [-0.2, -0.15) is 13.2 Å². The largest absolute Gasteiger partial charge is 0.434 e. The van der Waals surface area contributed by atoms with Crippen molar-refractivity contribution in [3.05, 3.63) is 38.1 Å². The van der Waals surface area contributed by atoms with E-state index in [2.05, 4.69) is 36.2 Å². The number of hydrogen-bond acceptors (Lipinski definition) is 10. The minimum atomic E-state index is -4.64. The number of aromatic nitrogens is 5. The fraction of sp³-hybridized carbons (Fsp3) is 0.412. The maximum Gasteiger partial charge on any atom is 0.434 e. The highest BCUT2D eigenvalue weighted by atomic mass is 79.9. The van der Waals surface area contributed by atoms with Gasteiger partial charge in [0.2, 0.25) is 0 Å². The van der Waals surface area contributed by atoms with Gasteiger partial charge in [0.25, 0.3) is 0 Å². The Kier molecular flexibility index (Phi) is 7.77. The predicted octanol–water partition coefficient (Wildman–Crippen LogP) is 3.66. The monoisotopic (exact) mass is 621 g/mol. The number of alkyl halides is 3. The lowest BCUT2D eigenvalue weighted by Crippen LogP contribution is -2.55. The van der Waals surface area contributed by atoms with E-state index in [9.17, 15) is 28.5 Å². The van der Waals surface area contributed by atoms with Crippen LogP contribution in [0, 0.1) is 0 Å². The summed E-state index contributed by atoms with van der Waals surface area (Å²) in [5, 5.41) is 39.7. The number of pyridine rings is 1. The van der Waals surface area contributed by atoms with E-state index >= 15 is 0 Å². The summed E-state index contributed by atoms with van der Waals surface area (Å²) >= 11 is 16.6. The highest BCUT2D eigenvalue weighted by Gasteiger charge is 2.46. The Balaban J connectivity index is 1.60. The SMILES string of the molecule is OCC1OC(Sc2cnc(C(F)(F)F)c(Br)c2)C(O)C(n2cc(-c3nc(Cl)c(Cl)s3)nn2)C1O. The first kappa shape index (κ1) is 26.0. The van der Waals surface area contributed by atoms with Crippen LogP contribution in [0.3, 0.4) is 0 Å². The van der Waals surface area contributed by atoms with Gasteiger partial charge in [0.05, 0.1) is 12.8 Å². The molecule has 3 N–H and O–H groups in total. The quantitative estimate of drug-likeness (QED) is 0.391. The Hall–Kier alpha value is -1.04. The first-order chi connectivity index (χ1) is 16.0. The van der Waals surface area contributed by atoms with Crippen molar-refractivity contribution in [2.75, 3.05) is 6.61 Å². The third kappa shape index (κ3) is 5.22. The van der Waals surface area contributed by atoms with Crippen molar-refractivity contribution in [2.45, 2.75) is 40.9 Å². The van der Waals surface area contributed by atoms with Gasteiger partial charge in [0.15, 0.2) is 10.8 Å². The Labute approximate surface area is 216 Å². The molecule has 1 aliphatic heterocycles. The molecule has 1 fully saturated rings. The van der Waals surface area contributed by atoms with Crippen molar-refractivity contribution in [1.29, 1.82) is 0 Å². The fourth-order valence-corrected chi connectivity index (χ4v) is 6.16. The minimum absolute atomic E-state index is 0.0930. The molecular weight excluding hydrogens is 610 g/mol. The van der Waals surface area contributed by atoms with E-state index in [4.69, 9.17) is 27.9 Å². The van der Waals surface area contributed by atoms with Crippen molar-refractivity contribution < 1.29 is 33.2 Å². The summed E-state index contributed by atoms with van der Waals surface area (Å²) < 4.78 is 45.7. The van der Waals surface area contributed by atoms with Gasteiger partial charge in [0, 0.05) is 15.6 Å². The van der Waals surface area contributed by atoms with E-state index < -0.39 is 48.3 Å². The van der Waals surface area contributed by atoms with E-state index in [0.29, 0.717) is 5.01 Å². The molecule has 17 heteroatoms. The van der Waals surface area contributed by atoms with Gasteiger partial charge in [-0.3, -0.25) is 0 Å². The minimum Gasteiger partial charge on any atom is -0.394 e. The number of nitrogens with zero attached hydrogens (tertiary/aromatic N) is 5. The summed E-state index contributed by atoms with van der Waals surface area (Å²) in [7, 11) is 0. The average molecular weight is 623 g/mol. The van der Waals surface area contributed by atoms with Crippen molar-refractivity contribution in [2.24, 2.45) is 0 Å². The molecule has 0 aliphatic carbocycles. The summed E-state index contributed by atoms with van der Waals surface area (Å²) in [4.78, 5) is 7.75. The molecule has 3 aromatic heterocycles. The summed E-state index contributed by atoms with van der Waals surface area (Å²) in [6.07, 6.45) is -6.13. The molecule has 0 radical (unpaired) electrons. The first-order valence-electron chi connectivity index (χ1n) is 9.25. The topological polar surface area (TPSA) is 126 Å². The lowest BCUT2D eigenvalue weighted by Gasteiger charge is -2.41. The molecule has 5 atom stereocenters. The highest BCUT2D eigenvalue weighted by Crippen LogP contribution is 2.41. The number of thioether (sulfide) groups is 1. The van der Waals surface area contributed by atoms with Crippen LogP contribution >= 0.6 is 62.2 Å². The second-order valence-corrected chi connectivity index (χ2v) is 11.0. The molecule has 1 aliphatic rings. The van der Waals surface area contributed by atoms with E-state index in [1.54, 1.807) is 0 Å². The number of rotatable bonds is 5. The maximum absolute atomic E-state index is 13.0. The standard InChI is InChI=1S/C17H13BrCl2F3N5O4S2/c18-6-1-5(2-24-12(6)17(21,22)23)33-16-11(31)9(10(30)8(4-29)32-16)28-3-7(26-27-28)15-25-13(19)14(20)34-15/h1-3,8-11,16,29-31H,4H2. The number of halogens is 6. The van der Waals surface area contributed by atoms with Crippen LogP contribution in [-0.4, -0.2) is 70.6 Å². The summed E-state index contributed by atoms with van der Waals surface area (Å²) in [5.74, 6) is 0. The van der Waals surface area contributed by atoms with Gasteiger partial charge in [-0.15, -0.1) is 5.10 Å². The normalized spacial score (nSPS) is 25.6. The van der Waals surface area contributed by atoms with Gasteiger partial charge in [-0.05, 0) is 22.0 Å². The number of aliphatic hydroxyl groups is 3. The van der Waals surface area contributed by atoms with Crippen LogP contribution < -0.4 is 0 Å². The molecule has 9 nitrogen and oxygen atoms in total. The smallest absolute Gasteiger partial charge is 0.394 e. The first-order valence-corrected chi connectivity index (χ1v) is 12.5. The average Bonchev–Trinajstić information content (AvgIpc) is 3.36. The van der Waals surface area contributed by atoms with Gasteiger partial charge >= 0.3 is 6.18 Å². The number of thiazole rings is 1. The zero-order chi connectivity index (χ0) is 24.8. The molecule has 0 aromatic carbocycles. The van der Waals surface area contributed by atoms with Crippen molar-refractivity contribution in [1.82, 2.24) is 25.0 Å². The van der Waals surface area contributed by atoms with E-state index in [0.717, 1.165) is 29.3 Å². The van der Waals surface area contributed by atoms with Crippen LogP contribution in [0.4, 0.5) is 13.2 Å². The highest BCUT2D eigenvalue weighted by molar-refractivity contribution is 9.10. The van der Waals surface area contributed by atoms with Crippen LogP contribution in [0.5, 0.6) is 0 Å². The molecule has 0 spiro atoms. The maximum atomic E-state index is 13.0.